The molecule has 1 aromatic carbocycles. The molecule has 0 saturated carbocycles. The Kier molecular flexibility index (Phi) is 3.83. The predicted molar refractivity (Wildman–Crippen MR) is 70.1 cm³/mol. The van der Waals surface area contributed by atoms with E-state index in [0.717, 1.165) is 16.2 Å². The zero-order chi connectivity index (χ0) is 13.1. The van der Waals surface area contributed by atoms with Gasteiger partial charge in [0.05, 0.1) is 11.9 Å². The lowest BCUT2D eigenvalue weighted by molar-refractivity contribution is 0.0693. The maximum absolute atomic E-state index is 11.1. The molecule has 18 heavy (non-hydrogen) atoms. The number of carboxylic acid groups (broad SMARTS) is 1. The monoisotopic (exact) mass is 326 g/mol. The maximum Gasteiger partial charge on any atom is 0.336 e. The van der Waals surface area contributed by atoms with Crippen molar-refractivity contribution in [3.63, 3.8) is 0 Å². The number of nitrogens with zero attached hydrogens (tertiary/aromatic N) is 1. The lowest BCUT2D eigenvalue weighted by Gasteiger charge is -2.05. The van der Waals surface area contributed by atoms with E-state index in [1.807, 2.05) is 0 Å². The van der Waals surface area contributed by atoms with Crippen LogP contribution in [0, 0.1) is 0 Å². The smallest absolute Gasteiger partial charge is 0.336 e. The lowest BCUT2D eigenvalue weighted by atomic mass is 10.2. The Labute approximate surface area is 114 Å². The van der Waals surface area contributed by atoms with Gasteiger partial charge in [0.1, 0.15) is 5.03 Å². The summed E-state index contributed by atoms with van der Waals surface area (Å²) in [6, 6.07) is 6.15. The number of aromatic nitrogens is 2. The van der Waals surface area contributed by atoms with Crippen LogP contribution in [0.2, 0.25) is 0 Å². The second kappa shape index (κ2) is 5.36. The van der Waals surface area contributed by atoms with E-state index in [1.54, 1.807) is 12.1 Å². The maximum atomic E-state index is 11.1. The minimum absolute atomic E-state index is 0.172. The molecule has 7 heteroatoms. The van der Waals surface area contributed by atoms with Gasteiger partial charge in [-0.05, 0) is 18.2 Å². The van der Waals surface area contributed by atoms with Crippen LogP contribution in [0.25, 0.3) is 0 Å². The molecule has 0 radical (unpaired) electrons. The van der Waals surface area contributed by atoms with Crippen LogP contribution < -0.4 is 5.56 Å². The van der Waals surface area contributed by atoms with Crippen LogP contribution in [0.4, 0.5) is 0 Å². The molecule has 0 aliphatic carbocycles. The first kappa shape index (κ1) is 12.8. The fraction of sp³-hybridized carbons (Fsp3) is 0. The van der Waals surface area contributed by atoms with E-state index in [0.29, 0.717) is 9.92 Å². The Morgan fingerprint density at radius 2 is 2.17 bits per heavy atom. The molecule has 2 aromatic rings. The van der Waals surface area contributed by atoms with E-state index >= 15 is 0 Å². The Morgan fingerprint density at radius 3 is 2.83 bits per heavy atom. The zero-order valence-corrected chi connectivity index (χ0v) is 11.3. The summed E-state index contributed by atoms with van der Waals surface area (Å²) in [5.74, 6) is -1.02. The average Bonchev–Trinajstić information content (AvgIpc) is 2.28. The summed E-state index contributed by atoms with van der Waals surface area (Å²) < 4.78 is 0.764. The number of carbonyl (C=O) groups is 1. The van der Waals surface area contributed by atoms with E-state index < -0.39 is 5.97 Å². The van der Waals surface area contributed by atoms with E-state index in [-0.39, 0.29) is 11.1 Å². The molecule has 5 nitrogen and oxygen atoms in total. The molecule has 0 aliphatic heterocycles. The van der Waals surface area contributed by atoms with Crippen LogP contribution in [-0.4, -0.2) is 21.0 Å². The molecular formula is C11H7BrN2O3S. The number of H-pyrrole nitrogens is 1. The summed E-state index contributed by atoms with van der Waals surface area (Å²) >= 11 is 4.41. The molecule has 0 saturated heterocycles. The van der Waals surface area contributed by atoms with Gasteiger partial charge in [-0.25, -0.2) is 9.78 Å². The Hall–Kier alpha value is -1.60. The summed E-state index contributed by atoms with van der Waals surface area (Å²) in [5, 5.41) is 9.52. The lowest BCUT2D eigenvalue weighted by Crippen LogP contribution is -2.04. The number of carboxylic acids is 1. The molecule has 2 rings (SSSR count). The van der Waals surface area contributed by atoms with Gasteiger partial charge in [0.25, 0.3) is 5.56 Å². The molecule has 92 valence electrons. The molecule has 0 unspecified atom stereocenters. The van der Waals surface area contributed by atoms with Crippen molar-refractivity contribution in [2.75, 3.05) is 0 Å². The van der Waals surface area contributed by atoms with Gasteiger partial charge >= 0.3 is 5.97 Å². The molecule has 0 spiro atoms. The highest BCUT2D eigenvalue weighted by Gasteiger charge is 2.12. The molecule has 2 N–H and O–H groups in total. The fourth-order valence-electron chi connectivity index (χ4n) is 1.28. The first-order chi connectivity index (χ1) is 8.56. The molecule has 0 fully saturated rings. The Morgan fingerprint density at radius 1 is 1.39 bits per heavy atom. The minimum atomic E-state index is -1.02. The third-order valence-corrected chi connectivity index (χ3v) is 3.53. The highest BCUT2D eigenvalue weighted by atomic mass is 79.9. The van der Waals surface area contributed by atoms with Gasteiger partial charge in [0, 0.05) is 15.4 Å². The van der Waals surface area contributed by atoms with E-state index in [1.165, 1.54) is 18.5 Å². The predicted octanol–water partition coefficient (Wildman–Crippen LogP) is 2.38. The molecule has 0 aliphatic rings. The Bertz CT molecular complexity index is 657. The number of rotatable bonds is 3. The normalized spacial score (nSPS) is 10.3. The summed E-state index contributed by atoms with van der Waals surface area (Å²) in [7, 11) is 0. The SMILES string of the molecule is O=C(O)c1ccc(Br)cc1Sc1cc(=O)[nH]cn1. The topological polar surface area (TPSA) is 83.0 Å². The molecule has 0 amide bonds. The summed E-state index contributed by atoms with van der Waals surface area (Å²) in [6.45, 7) is 0. The van der Waals surface area contributed by atoms with Crippen LogP contribution in [0.15, 0.2) is 49.8 Å². The third-order valence-electron chi connectivity index (χ3n) is 2.04. The first-order valence-corrected chi connectivity index (χ1v) is 6.42. The second-order valence-corrected chi connectivity index (χ2v) is 5.27. The van der Waals surface area contributed by atoms with Crippen LogP contribution in [0.3, 0.4) is 0 Å². The van der Waals surface area contributed by atoms with E-state index in [4.69, 9.17) is 5.11 Å². The number of nitrogens with one attached hydrogen (secondary N) is 1. The first-order valence-electron chi connectivity index (χ1n) is 4.81. The van der Waals surface area contributed by atoms with Crippen LogP contribution in [-0.2, 0) is 0 Å². The van der Waals surface area contributed by atoms with Gasteiger partial charge in [0.2, 0.25) is 0 Å². The van der Waals surface area contributed by atoms with Crippen molar-refractivity contribution in [3.8, 4) is 0 Å². The number of aromatic amines is 1. The summed E-state index contributed by atoms with van der Waals surface area (Å²) in [6.07, 6.45) is 1.28. The van der Waals surface area contributed by atoms with Gasteiger partial charge < -0.3 is 10.1 Å². The van der Waals surface area contributed by atoms with Crippen molar-refractivity contribution >= 4 is 33.7 Å². The minimum Gasteiger partial charge on any atom is -0.478 e. The van der Waals surface area contributed by atoms with Crippen LogP contribution >= 0.6 is 27.7 Å². The van der Waals surface area contributed by atoms with Crippen molar-refractivity contribution < 1.29 is 9.90 Å². The van der Waals surface area contributed by atoms with Crippen molar-refractivity contribution in [1.82, 2.24) is 9.97 Å². The van der Waals surface area contributed by atoms with Gasteiger partial charge in [-0.2, -0.15) is 0 Å². The molecule has 1 aromatic heterocycles. The van der Waals surface area contributed by atoms with E-state index in [9.17, 15) is 9.59 Å². The van der Waals surface area contributed by atoms with Gasteiger partial charge in [-0.3, -0.25) is 4.79 Å². The summed E-state index contributed by atoms with van der Waals surface area (Å²) in [5.41, 5.74) is -0.107. The second-order valence-electron chi connectivity index (χ2n) is 3.30. The molecule has 0 bridgehead atoms. The van der Waals surface area contributed by atoms with Crippen LogP contribution in [0.1, 0.15) is 10.4 Å². The number of benzene rings is 1. The van der Waals surface area contributed by atoms with Gasteiger partial charge in [-0.15, -0.1) is 0 Å². The fourth-order valence-corrected chi connectivity index (χ4v) is 2.74. The van der Waals surface area contributed by atoms with Crippen LogP contribution in [0.5, 0.6) is 0 Å². The number of hydrogen-bond acceptors (Lipinski definition) is 4. The van der Waals surface area contributed by atoms with Gasteiger partial charge in [-0.1, -0.05) is 27.7 Å². The highest BCUT2D eigenvalue weighted by Crippen LogP contribution is 2.30. The Balaban J connectivity index is 2.42. The number of halogens is 1. The number of aromatic carboxylic acids is 1. The molecule has 0 atom stereocenters. The standard InChI is InChI=1S/C11H7BrN2O3S/c12-6-1-2-7(11(16)17)8(3-6)18-10-4-9(15)13-5-14-10/h1-5H,(H,16,17)(H,13,14,15). The summed E-state index contributed by atoms with van der Waals surface area (Å²) in [4.78, 5) is 29.1. The molecular weight excluding hydrogens is 320 g/mol. The average molecular weight is 327 g/mol. The number of hydrogen-bond donors (Lipinski definition) is 2. The third kappa shape index (κ3) is 2.99. The van der Waals surface area contributed by atoms with Crippen molar-refractivity contribution in [2.45, 2.75) is 9.92 Å². The molecule has 1 heterocycles. The van der Waals surface area contributed by atoms with Crippen molar-refractivity contribution in [2.24, 2.45) is 0 Å². The highest BCUT2D eigenvalue weighted by molar-refractivity contribution is 9.10. The zero-order valence-electron chi connectivity index (χ0n) is 8.88. The largest absolute Gasteiger partial charge is 0.478 e. The van der Waals surface area contributed by atoms with E-state index in [2.05, 4.69) is 25.9 Å². The van der Waals surface area contributed by atoms with Crippen molar-refractivity contribution in [3.05, 3.63) is 51.0 Å². The van der Waals surface area contributed by atoms with Gasteiger partial charge in [0.15, 0.2) is 0 Å². The van der Waals surface area contributed by atoms with Crippen molar-refractivity contribution in [1.29, 1.82) is 0 Å². The quantitative estimate of drug-likeness (QED) is 0.846.